The molecule has 1 fully saturated rings. The zero-order chi connectivity index (χ0) is 23.0. The smallest absolute Gasteiger partial charge is 0.247 e. The molecule has 168 valence electrons. The molecule has 1 atom stereocenters. The lowest BCUT2D eigenvalue weighted by Crippen LogP contribution is -2.50. The molecule has 0 spiro atoms. The third kappa shape index (κ3) is 4.15. The number of carbonyl (C=O) groups is 1. The highest BCUT2D eigenvalue weighted by molar-refractivity contribution is 6.03. The van der Waals surface area contributed by atoms with Crippen LogP contribution in [0.2, 0.25) is 0 Å². The van der Waals surface area contributed by atoms with Crippen molar-refractivity contribution in [3.05, 3.63) is 29.5 Å². The summed E-state index contributed by atoms with van der Waals surface area (Å²) >= 11 is 0. The number of amides is 1. The Morgan fingerprint density at radius 1 is 1.41 bits per heavy atom. The second kappa shape index (κ2) is 8.57. The Hall–Kier alpha value is -3.48. The van der Waals surface area contributed by atoms with E-state index in [2.05, 4.69) is 25.6 Å². The van der Waals surface area contributed by atoms with Gasteiger partial charge in [-0.25, -0.2) is 14.4 Å². The average Bonchev–Trinajstić information content (AvgIpc) is 2.70. The van der Waals surface area contributed by atoms with Gasteiger partial charge in [0, 0.05) is 19.2 Å². The van der Waals surface area contributed by atoms with Gasteiger partial charge in [-0.3, -0.25) is 4.79 Å². The Balaban J connectivity index is 1.35. The normalized spacial score (nSPS) is 22.0. The fraction of sp³-hybridized carbons (Fsp3) is 0.500. The zero-order valence-corrected chi connectivity index (χ0v) is 18.5. The standard InChI is InChI=1S/C22H26FN7O2/c1-11(2)19-21(31)28-18-12(3)26-22(29-20(18)30(19)4)27-14-5-13(6-14)10-32-15-7-16(23)17(8-24)25-9-15/h7,9,11,13-14,19H,5-6,10H2,1-4H3,(H,28,31)(H,26,27,29)/t13-,14+,19?. The number of nitrogens with zero attached hydrogens (tertiary/aromatic N) is 5. The molecule has 0 aromatic carbocycles. The number of aromatic nitrogens is 3. The molecule has 0 saturated heterocycles. The quantitative estimate of drug-likeness (QED) is 0.706. The van der Waals surface area contributed by atoms with E-state index in [0.717, 1.165) is 18.5 Å². The molecule has 4 rings (SSSR count). The van der Waals surface area contributed by atoms with Crippen molar-refractivity contribution >= 4 is 23.4 Å². The molecule has 1 aliphatic carbocycles. The summed E-state index contributed by atoms with van der Waals surface area (Å²) in [6.45, 7) is 6.33. The summed E-state index contributed by atoms with van der Waals surface area (Å²) < 4.78 is 19.3. The van der Waals surface area contributed by atoms with Crippen molar-refractivity contribution in [3.63, 3.8) is 0 Å². The van der Waals surface area contributed by atoms with Crippen molar-refractivity contribution < 1.29 is 13.9 Å². The maximum Gasteiger partial charge on any atom is 0.247 e. The Labute approximate surface area is 186 Å². The lowest BCUT2D eigenvalue weighted by molar-refractivity contribution is -0.118. The monoisotopic (exact) mass is 439 g/mol. The lowest BCUT2D eigenvalue weighted by Gasteiger charge is -2.38. The molecule has 1 unspecified atom stereocenters. The highest BCUT2D eigenvalue weighted by atomic mass is 19.1. The van der Waals surface area contributed by atoms with E-state index in [-0.39, 0.29) is 29.6 Å². The van der Waals surface area contributed by atoms with Gasteiger partial charge in [-0.2, -0.15) is 10.2 Å². The Bertz CT molecular complexity index is 1080. The van der Waals surface area contributed by atoms with E-state index >= 15 is 0 Å². The number of ether oxygens (including phenoxy) is 1. The van der Waals surface area contributed by atoms with Crippen molar-refractivity contribution in [1.29, 1.82) is 5.26 Å². The van der Waals surface area contributed by atoms with E-state index in [1.54, 1.807) is 6.07 Å². The molecule has 2 aromatic heterocycles. The largest absolute Gasteiger partial charge is 0.492 e. The van der Waals surface area contributed by atoms with Gasteiger partial charge < -0.3 is 20.3 Å². The molecule has 2 aliphatic rings. The van der Waals surface area contributed by atoms with E-state index in [0.29, 0.717) is 35.7 Å². The zero-order valence-electron chi connectivity index (χ0n) is 18.5. The number of anilines is 3. The molecule has 3 heterocycles. The number of hydrogen-bond donors (Lipinski definition) is 2. The van der Waals surface area contributed by atoms with Gasteiger partial charge in [-0.1, -0.05) is 13.8 Å². The Morgan fingerprint density at radius 2 is 2.16 bits per heavy atom. The highest BCUT2D eigenvalue weighted by Gasteiger charge is 2.36. The molecular formula is C22H26FN7O2. The molecule has 10 heteroatoms. The summed E-state index contributed by atoms with van der Waals surface area (Å²) in [5.74, 6) is 1.31. The number of carbonyl (C=O) groups excluding carboxylic acids is 1. The van der Waals surface area contributed by atoms with E-state index in [1.807, 2.05) is 32.7 Å². The van der Waals surface area contributed by atoms with Gasteiger partial charge in [-0.05, 0) is 31.6 Å². The summed E-state index contributed by atoms with van der Waals surface area (Å²) in [7, 11) is 1.88. The summed E-state index contributed by atoms with van der Waals surface area (Å²) in [6.07, 6.45) is 3.10. The third-order valence-corrected chi connectivity index (χ3v) is 5.95. The minimum Gasteiger partial charge on any atom is -0.492 e. The first-order chi connectivity index (χ1) is 15.3. The predicted molar refractivity (Wildman–Crippen MR) is 117 cm³/mol. The third-order valence-electron chi connectivity index (χ3n) is 5.95. The van der Waals surface area contributed by atoms with Crippen LogP contribution in [0.15, 0.2) is 12.3 Å². The minimum absolute atomic E-state index is 0.0402. The maximum atomic E-state index is 13.6. The van der Waals surface area contributed by atoms with Crippen molar-refractivity contribution in [1.82, 2.24) is 15.0 Å². The first-order valence-electron chi connectivity index (χ1n) is 10.6. The maximum absolute atomic E-state index is 13.6. The number of nitriles is 1. The van der Waals surface area contributed by atoms with Crippen LogP contribution in [0.25, 0.3) is 0 Å². The molecule has 32 heavy (non-hydrogen) atoms. The van der Waals surface area contributed by atoms with Crippen molar-refractivity contribution in [2.24, 2.45) is 11.8 Å². The number of hydrogen-bond acceptors (Lipinski definition) is 8. The molecule has 1 amide bonds. The molecule has 0 radical (unpaired) electrons. The van der Waals surface area contributed by atoms with Crippen LogP contribution >= 0.6 is 0 Å². The summed E-state index contributed by atoms with van der Waals surface area (Å²) in [6, 6.07) is 2.80. The predicted octanol–water partition coefficient (Wildman–Crippen LogP) is 2.87. The van der Waals surface area contributed by atoms with Crippen LogP contribution < -0.4 is 20.3 Å². The molecular weight excluding hydrogens is 413 g/mol. The Morgan fingerprint density at radius 3 is 2.81 bits per heavy atom. The van der Waals surface area contributed by atoms with Crippen LogP contribution in [0, 0.1) is 35.9 Å². The van der Waals surface area contributed by atoms with Crippen LogP contribution in [-0.2, 0) is 4.79 Å². The highest BCUT2D eigenvalue weighted by Crippen LogP contribution is 2.35. The fourth-order valence-corrected chi connectivity index (χ4v) is 4.25. The number of fused-ring (bicyclic) bond motifs is 1. The molecule has 2 aromatic rings. The van der Waals surface area contributed by atoms with E-state index in [9.17, 15) is 9.18 Å². The van der Waals surface area contributed by atoms with Crippen molar-refractivity contribution in [3.8, 4) is 11.8 Å². The van der Waals surface area contributed by atoms with E-state index < -0.39 is 5.82 Å². The van der Waals surface area contributed by atoms with Crippen LogP contribution in [0.5, 0.6) is 5.75 Å². The number of halogens is 1. The van der Waals surface area contributed by atoms with E-state index in [1.165, 1.54) is 12.3 Å². The molecule has 9 nitrogen and oxygen atoms in total. The van der Waals surface area contributed by atoms with Crippen molar-refractivity contribution in [2.75, 3.05) is 29.2 Å². The second-order valence-electron chi connectivity index (χ2n) is 8.72. The summed E-state index contributed by atoms with van der Waals surface area (Å²) in [5, 5.41) is 15.1. The number of aryl methyl sites for hydroxylation is 1. The van der Waals surface area contributed by atoms with Gasteiger partial charge in [0.1, 0.15) is 23.5 Å². The first-order valence-corrected chi connectivity index (χ1v) is 10.6. The van der Waals surface area contributed by atoms with Crippen LogP contribution in [0.4, 0.5) is 21.8 Å². The van der Waals surface area contributed by atoms with Gasteiger partial charge >= 0.3 is 0 Å². The molecule has 0 bridgehead atoms. The number of rotatable bonds is 6. The summed E-state index contributed by atoms with van der Waals surface area (Å²) in [5.41, 5.74) is 1.13. The number of likely N-dealkylation sites (N-methyl/N-ethyl adjacent to an activating group) is 1. The van der Waals surface area contributed by atoms with E-state index in [4.69, 9.17) is 10.00 Å². The minimum atomic E-state index is -0.682. The molecule has 2 N–H and O–H groups in total. The summed E-state index contributed by atoms with van der Waals surface area (Å²) in [4.78, 5) is 27.3. The number of nitrogens with one attached hydrogen (secondary N) is 2. The Kier molecular flexibility index (Phi) is 5.82. The van der Waals surface area contributed by atoms with Gasteiger partial charge in [-0.15, -0.1) is 0 Å². The first kappa shape index (κ1) is 21.7. The van der Waals surface area contributed by atoms with Crippen LogP contribution in [0.1, 0.15) is 38.1 Å². The molecule has 1 saturated carbocycles. The second-order valence-corrected chi connectivity index (χ2v) is 8.72. The van der Waals surface area contributed by atoms with Gasteiger partial charge in [0.2, 0.25) is 11.9 Å². The SMILES string of the molecule is Cc1nc(N[C@H]2C[C@@H](COc3cnc(C#N)c(F)c3)C2)nc2c1NC(=O)C(C(C)C)N2C. The van der Waals surface area contributed by atoms with Gasteiger partial charge in [0.05, 0.1) is 18.5 Å². The average molecular weight is 439 g/mol. The van der Waals surface area contributed by atoms with Gasteiger partial charge in [0.25, 0.3) is 0 Å². The topological polar surface area (TPSA) is 116 Å². The number of pyridine rings is 1. The lowest BCUT2D eigenvalue weighted by atomic mass is 9.81. The molecule has 1 aliphatic heterocycles. The van der Waals surface area contributed by atoms with Gasteiger partial charge in [0.15, 0.2) is 17.3 Å². The van der Waals surface area contributed by atoms with Crippen LogP contribution in [-0.4, -0.2) is 46.6 Å². The van der Waals surface area contributed by atoms with Crippen LogP contribution in [0.3, 0.4) is 0 Å². The van der Waals surface area contributed by atoms with Crippen molar-refractivity contribution in [2.45, 2.75) is 45.7 Å². The fourth-order valence-electron chi connectivity index (χ4n) is 4.25.